The van der Waals surface area contributed by atoms with E-state index in [2.05, 4.69) is 36.4 Å². The maximum Gasteiger partial charge on any atom is 0.417 e. The molecule has 0 aliphatic heterocycles. The standard InChI is InChI=1S/C12H11BrN4O2/c1-14-5-8-10(13)11(17-16-8)6-2-3-9-7(4-6)15-12(18)19-9/h2-4,14H,5H2,1H3,(H,15,18)(H,16,17). The molecule has 7 heteroatoms. The van der Waals surface area contributed by atoms with Gasteiger partial charge in [-0.05, 0) is 41.2 Å². The number of aromatic nitrogens is 3. The lowest BCUT2D eigenvalue weighted by Gasteiger charge is -1.99. The van der Waals surface area contributed by atoms with Crippen LogP contribution >= 0.6 is 15.9 Å². The van der Waals surface area contributed by atoms with E-state index in [0.29, 0.717) is 17.6 Å². The van der Waals surface area contributed by atoms with Gasteiger partial charge in [-0.3, -0.25) is 10.1 Å². The van der Waals surface area contributed by atoms with Crippen molar-refractivity contribution in [1.29, 1.82) is 0 Å². The maximum absolute atomic E-state index is 11.1. The minimum absolute atomic E-state index is 0.455. The summed E-state index contributed by atoms with van der Waals surface area (Å²) in [5.74, 6) is -0.455. The van der Waals surface area contributed by atoms with Gasteiger partial charge >= 0.3 is 5.76 Å². The van der Waals surface area contributed by atoms with Gasteiger partial charge in [0, 0.05) is 12.1 Å². The molecule has 0 atom stereocenters. The first kappa shape index (κ1) is 12.2. The fourth-order valence-corrected chi connectivity index (χ4v) is 2.50. The van der Waals surface area contributed by atoms with Crippen molar-refractivity contribution in [1.82, 2.24) is 20.5 Å². The van der Waals surface area contributed by atoms with Gasteiger partial charge in [-0.25, -0.2) is 4.79 Å². The molecule has 19 heavy (non-hydrogen) atoms. The monoisotopic (exact) mass is 322 g/mol. The summed E-state index contributed by atoms with van der Waals surface area (Å²) in [5.41, 5.74) is 3.87. The third-order valence-corrected chi connectivity index (χ3v) is 3.68. The lowest BCUT2D eigenvalue weighted by atomic mass is 10.1. The van der Waals surface area contributed by atoms with Crippen LogP contribution < -0.4 is 11.1 Å². The third-order valence-electron chi connectivity index (χ3n) is 2.82. The lowest BCUT2D eigenvalue weighted by molar-refractivity contribution is 0.555. The Morgan fingerprint density at radius 2 is 2.32 bits per heavy atom. The number of hydrogen-bond acceptors (Lipinski definition) is 4. The van der Waals surface area contributed by atoms with Crippen molar-refractivity contribution in [3.8, 4) is 11.3 Å². The average molecular weight is 323 g/mol. The molecule has 2 aromatic heterocycles. The first-order valence-corrected chi connectivity index (χ1v) is 6.49. The summed E-state index contributed by atoms with van der Waals surface area (Å²) in [6.45, 7) is 0.693. The topological polar surface area (TPSA) is 86.7 Å². The van der Waals surface area contributed by atoms with Gasteiger partial charge in [-0.2, -0.15) is 5.10 Å². The minimum atomic E-state index is -0.455. The first-order valence-electron chi connectivity index (χ1n) is 5.69. The number of rotatable bonds is 3. The second kappa shape index (κ2) is 4.67. The fraction of sp³-hybridized carbons (Fsp3) is 0.167. The van der Waals surface area contributed by atoms with E-state index in [9.17, 15) is 4.79 Å². The molecule has 0 bridgehead atoms. The fourth-order valence-electron chi connectivity index (χ4n) is 1.95. The van der Waals surface area contributed by atoms with Crippen molar-refractivity contribution in [3.63, 3.8) is 0 Å². The number of benzene rings is 1. The largest absolute Gasteiger partial charge is 0.417 e. The van der Waals surface area contributed by atoms with E-state index in [1.165, 1.54) is 0 Å². The lowest BCUT2D eigenvalue weighted by Crippen LogP contribution is -2.05. The predicted molar refractivity (Wildman–Crippen MR) is 74.9 cm³/mol. The summed E-state index contributed by atoms with van der Waals surface area (Å²) in [4.78, 5) is 13.8. The second-order valence-electron chi connectivity index (χ2n) is 4.12. The van der Waals surface area contributed by atoms with Crippen LogP contribution in [0.3, 0.4) is 0 Å². The molecule has 2 heterocycles. The van der Waals surface area contributed by atoms with E-state index in [1.54, 1.807) is 6.07 Å². The van der Waals surface area contributed by atoms with Crippen LogP contribution in [-0.2, 0) is 6.54 Å². The summed E-state index contributed by atoms with van der Waals surface area (Å²) in [6, 6.07) is 5.45. The molecule has 3 rings (SSSR count). The van der Waals surface area contributed by atoms with E-state index in [-0.39, 0.29) is 0 Å². The molecule has 0 saturated heterocycles. The van der Waals surface area contributed by atoms with Gasteiger partial charge in [0.15, 0.2) is 5.58 Å². The molecule has 0 saturated carbocycles. The highest BCUT2D eigenvalue weighted by Crippen LogP contribution is 2.30. The highest BCUT2D eigenvalue weighted by Gasteiger charge is 2.13. The highest BCUT2D eigenvalue weighted by atomic mass is 79.9. The van der Waals surface area contributed by atoms with Crippen molar-refractivity contribution < 1.29 is 4.42 Å². The molecule has 3 N–H and O–H groups in total. The van der Waals surface area contributed by atoms with E-state index < -0.39 is 5.76 Å². The van der Waals surface area contributed by atoms with Gasteiger partial charge in [0.2, 0.25) is 0 Å². The van der Waals surface area contributed by atoms with E-state index in [0.717, 1.165) is 21.4 Å². The molecule has 0 fully saturated rings. The number of nitrogens with zero attached hydrogens (tertiary/aromatic N) is 1. The Balaban J connectivity index is 2.10. The number of fused-ring (bicyclic) bond motifs is 1. The van der Waals surface area contributed by atoms with Crippen LogP contribution in [-0.4, -0.2) is 22.2 Å². The molecule has 0 unspecified atom stereocenters. The molecule has 0 aliphatic rings. The van der Waals surface area contributed by atoms with Crippen molar-refractivity contribution >= 4 is 27.0 Å². The zero-order valence-electron chi connectivity index (χ0n) is 10.1. The van der Waals surface area contributed by atoms with Crippen LogP contribution in [0, 0.1) is 0 Å². The van der Waals surface area contributed by atoms with Crippen LogP contribution in [0.1, 0.15) is 5.69 Å². The number of nitrogens with one attached hydrogen (secondary N) is 3. The van der Waals surface area contributed by atoms with Gasteiger partial charge in [-0.15, -0.1) is 0 Å². The average Bonchev–Trinajstić information content (AvgIpc) is 2.92. The van der Waals surface area contributed by atoms with Crippen LogP contribution in [0.5, 0.6) is 0 Å². The highest BCUT2D eigenvalue weighted by molar-refractivity contribution is 9.10. The Labute approximate surface area is 116 Å². The van der Waals surface area contributed by atoms with Gasteiger partial charge in [0.25, 0.3) is 0 Å². The summed E-state index contributed by atoms with van der Waals surface area (Å²) in [5, 5.41) is 10.3. The zero-order valence-corrected chi connectivity index (χ0v) is 11.7. The third kappa shape index (κ3) is 2.11. The smallest absolute Gasteiger partial charge is 0.408 e. The van der Waals surface area contributed by atoms with Crippen molar-refractivity contribution in [2.75, 3.05) is 7.05 Å². The summed E-state index contributed by atoms with van der Waals surface area (Å²) in [6.07, 6.45) is 0. The second-order valence-corrected chi connectivity index (χ2v) is 4.91. The molecule has 0 radical (unpaired) electrons. The van der Waals surface area contributed by atoms with Crippen LogP contribution in [0.2, 0.25) is 0 Å². The van der Waals surface area contributed by atoms with Crippen molar-refractivity contribution in [3.05, 3.63) is 38.9 Å². The number of hydrogen-bond donors (Lipinski definition) is 3. The Bertz CT molecular complexity index is 786. The van der Waals surface area contributed by atoms with Gasteiger partial charge in [-0.1, -0.05) is 0 Å². The van der Waals surface area contributed by atoms with Crippen LogP contribution in [0.15, 0.2) is 31.9 Å². The van der Waals surface area contributed by atoms with Crippen molar-refractivity contribution in [2.45, 2.75) is 6.54 Å². The zero-order chi connectivity index (χ0) is 13.4. The molecular formula is C12H11BrN4O2. The maximum atomic E-state index is 11.1. The molecular weight excluding hydrogens is 312 g/mol. The molecule has 6 nitrogen and oxygen atoms in total. The van der Waals surface area contributed by atoms with E-state index >= 15 is 0 Å². The molecule has 98 valence electrons. The van der Waals surface area contributed by atoms with Gasteiger partial charge in [0.05, 0.1) is 15.7 Å². The van der Waals surface area contributed by atoms with Gasteiger partial charge in [0.1, 0.15) is 5.69 Å². The number of H-pyrrole nitrogens is 2. The minimum Gasteiger partial charge on any atom is -0.408 e. The van der Waals surface area contributed by atoms with Crippen LogP contribution in [0.25, 0.3) is 22.4 Å². The summed E-state index contributed by atoms with van der Waals surface area (Å²) >= 11 is 3.53. The Morgan fingerprint density at radius 3 is 3.11 bits per heavy atom. The molecule has 0 spiro atoms. The number of oxazole rings is 1. The molecule has 1 aromatic carbocycles. The Hall–Kier alpha value is -1.86. The quantitative estimate of drug-likeness (QED) is 0.688. The summed E-state index contributed by atoms with van der Waals surface area (Å²) in [7, 11) is 1.87. The van der Waals surface area contributed by atoms with E-state index in [4.69, 9.17) is 4.42 Å². The molecule has 0 amide bonds. The normalized spacial score (nSPS) is 11.3. The van der Waals surface area contributed by atoms with Crippen LogP contribution in [0.4, 0.5) is 0 Å². The number of aromatic amines is 2. The first-order chi connectivity index (χ1) is 9.19. The molecule has 3 aromatic rings. The van der Waals surface area contributed by atoms with E-state index in [1.807, 2.05) is 19.2 Å². The predicted octanol–water partition coefficient (Wildman–Crippen LogP) is 1.99. The SMILES string of the molecule is CNCc1[nH]nc(-c2ccc3oc(=O)[nH]c3c2)c1Br. The Kier molecular flexibility index (Phi) is 3.00. The number of halogens is 1. The van der Waals surface area contributed by atoms with Gasteiger partial charge < -0.3 is 9.73 Å². The molecule has 0 aliphatic carbocycles. The summed E-state index contributed by atoms with van der Waals surface area (Å²) < 4.78 is 5.88. The van der Waals surface area contributed by atoms with Crippen molar-refractivity contribution in [2.24, 2.45) is 0 Å². The Morgan fingerprint density at radius 1 is 1.47 bits per heavy atom.